The molecule has 3 nitrogen and oxygen atoms in total. The molecule has 0 N–H and O–H groups in total. The number of esters is 1. The molecular formula is C11H8ClNO2S. The first-order valence-electron chi connectivity index (χ1n) is 4.57. The van der Waals surface area contributed by atoms with Crippen LogP contribution < -0.4 is 4.74 Å². The third kappa shape index (κ3) is 2.40. The van der Waals surface area contributed by atoms with E-state index in [1.54, 1.807) is 31.2 Å². The summed E-state index contributed by atoms with van der Waals surface area (Å²) in [6, 6.07) is 8.89. The van der Waals surface area contributed by atoms with Crippen LogP contribution in [0.3, 0.4) is 0 Å². The minimum Gasteiger partial charge on any atom is -0.422 e. The van der Waals surface area contributed by atoms with E-state index in [0.29, 0.717) is 20.8 Å². The fourth-order valence-electron chi connectivity index (χ4n) is 1.19. The van der Waals surface area contributed by atoms with Gasteiger partial charge < -0.3 is 4.74 Å². The van der Waals surface area contributed by atoms with E-state index >= 15 is 0 Å². The van der Waals surface area contributed by atoms with Crippen molar-refractivity contribution in [2.24, 2.45) is 0 Å². The molecule has 82 valence electrons. The summed E-state index contributed by atoms with van der Waals surface area (Å²) in [5.41, 5.74) is 0.593. The Hall–Kier alpha value is -1.39. The highest BCUT2D eigenvalue weighted by Crippen LogP contribution is 2.23. The number of carbonyl (C=O) groups excluding carboxylic acids is 1. The SMILES string of the molecule is Cc1nc(Cl)sc1C(=O)Oc1ccccc1. The van der Waals surface area contributed by atoms with E-state index in [-0.39, 0.29) is 0 Å². The predicted octanol–water partition coefficient (Wildman–Crippen LogP) is 3.32. The fourth-order valence-corrected chi connectivity index (χ4v) is 2.22. The van der Waals surface area contributed by atoms with Crippen molar-refractivity contribution >= 4 is 28.9 Å². The molecule has 0 saturated carbocycles. The molecule has 1 aromatic heterocycles. The van der Waals surface area contributed by atoms with Crippen LogP contribution in [0.5, 0.6) is 5.75 Å². The number of thiazole rings is 1. The number of nitrogens with zero attached hydrogens (tertiary/aromatic N) is 1. The number of benzene rings is 1. The van der Waals surface area contributed by atoms with Crippen LogP contribution in [0.4, 0.5) is 0 Å². The van der Waals surface area contributed by atoms with E-state index in [1.807, 2.05) is 6.07 Å². The number of ether oxygens (including phenoxy) is 1. The van der Waals surface area contributed by atoms with E-state index in [9.17, 15) is 4.79 Å². The van der Waals surface area contributed by atoms with Crippen molar-refractivity contribution < 1.29 is 9.53 Å². The standard InChI is InChI=1S/C11H8ClNO2S/c1-7-9(16-11(12)13-7)10(14)15-8-5-3-2-4-6-8/h2-6H,1H3. The summed E-state index contributed by atoms with van der Waals surface area (Å²) in [6.07, 6.45) is 0. The lowest BCUT2D eigenvalue weighted by Crippen LogP contribution is -2.07. The van der Waals surface area contributed by atoms with Crippen LogP contribution in [-0.2, 0) is 0 Å². The van der Waals surface area contributed by atoms with Crippen molar-refractivity contribution in [2.75, 3.05) is 0 Å². The Morgan fingerprint density at radius 2 is 2.06 bits per heavy atom. The largest absolute Gasteiger partial charge is 0.422 e. The molecule has 0 spiro atoms. The molecule has 0 aliphatic heterocycles. The van der Waals surface area contributed by atoms with Crippen LogP contribution in [0.1, 0.15) is 15.4 Å². The lowest BCUT2D eigenvalue weighted by Gasteiger charge is -2.01. The van der Waals surface area contributed by atoms with E-state index in [1.165, 1.54) is 0 Å². The normalized spacial score (nSPS) is 10.1. The van der Waals surface area contributed by atoms with Crippen LogP contribution in [0, 0.1) is 6.92 Å². The molecule has 0 aliphatic carbocycles. The Morgan fingerprint density at radius 1 is 1.38 bits per heavy atom. The van der Waals surface area contributed by atoms with Gasteiger partial charge in [0, 0.05) is 0 Å². The third-order valence-corrected chi connectivity index (χ3v) is 3.15. The summed E-state index contributed by atoms with van der Waals surface area (Å²) in [5, 5.41) is 0. The van der Waals surface area contributed by atoms with E-state index < -0.39 is 5.97 Å². The Morgan fingerprint density at radius 3 is 2.62 bits per heavy atom. The Balaban J connectivity index is 2.18. The molecule has 0 fully saturated rings. The summed E-state index contributed by atoms with van der Waals surface area (Å²) >= 11 is 6.83. The maximum Gasteiger partial charge on any atom is 0.355 e. The first-order chi connectivity index (χ1) is 7.66. The molecule has 5 heteroatoms. The van der Waals surface area contributed by atoms with Gasteiger partial charge >= 0.3 is 5.97 Å². The van der Waals surface area contributed by atoms with Crippen molar-refractivity contribution in [1.29, 1.82) is 0 Å². The zero-order valence-electron chi connectivity index (χ0n) is 8.44. The van der Waals surface area contributed by atoms with E-state index in [2.05, 4.69) is 4.98 Å². The summed E-state index contributed by atoms with van der Waals surface area (Å²) in [5.74, 6) is 0.0875. The van der Waals surface area contributed by atoms with Crippen LogP contribution in [0.25, 0.3) is 0 Å². The topological polar surface area (TPSA) is 39.2 Å². The summed E-state index contributed by atoms with van der Waals surface area (Å²) in [6.45, 7) is 1.73. The molecule has 1 heterocycles. The molecular weight excluding hydrogens is 246 g/mol. The second-order valence-electron chi connectivity index (χ2n) is 3.08. The predicted molar refractivity (Wildman–Crippen MR) is 63.3 cm³/mol. The zero-order valence-corrected chi connectivity index (χ0v) is 10.0. The highest BCUT2D eigenvalue weighted by atomic mass is 35.5. The van der Waals surface area contributed by atoms with Gasteiger partial charge in [0.1, 0.15) is 10.6 Å². The Kier molecular flexibility index (Phi) is 3.22. The highest BCUT2D eigenvalue weighted by Gasteiger charge is 2.16. The first-order valence-corrected chi connectivity index (χ1v) is 5.76. The number of hydrogen-bond donors (Lipinski definition) is 0. The molecule has 2 rings (SSSR count). The Bertz CT molecular complexity index is 510. The van der Waals surface area contributed by atoms with E-state index in [4.69, 9.17) is 16.3 Å². The number of hydrogen-bond acceptors (Lipinski definition) is 4. The smallest absolute Gasteiger partial charge is 0.355 e. The second kappa shape index (κ2) is 4.63. The van der Waals surface area contributed by atoms with E-state index in [0.717, 1.165) is 11.3 Å². The minimum atomic E-state index is -0.423. The van der Waals surface area contributed by atoms with Gasteiger partial charge in [0.05, 0.1) is 5.69 Å². The molecule has 2 aromatic rings. The van der Waals surface area contributed by atoms with Gasteiger partial charge in [0.2, 0.25) is 0 Å². The van der Waals surface area contributed by atoms with Gasteiger partial charge in [-0.15, -0.1) is 0 Å². The number of carbonyl (C=O) groups is 1. The van der Waals surface area contributed by atoms with Crippen molar-refractivity contribution in [3.63, 3.8) is 0 Å². The van der Waals surface area contributed by atoms with Crippen LogP contribution in [0.2, 0.25) is 4.47 Å². The molecule has 0 amide bonds. The number of aryl methyl sites for hydroxylation is 1. The molecule has 0 radical (unpaired) electrons. The average molecular weight is 254 g/mol. The summed E-state index contributed by atoms with van der Waals surface area (Å²) in [4.78, 5) is 16.1. The van der Waals surface area contributed by atoms with Crippen LogP contribution >= 0.6 is 22.9 Å². The van der Waals surface area contributed by atoms with Gasteiger partial charge in [-0.2, -0.15) is 0 Å². The van der Waals surface area contributed by atoms with Gasteiger partial charge in [0.25, 0.3) is 0 Å². The summed E-state index contributed by atoms with van der Waals surface area (Å²) < 4.78 is 5.51. The molecule has 0 bridgehead atoms. The van der Waals surface area contributed by atoms with Gasteiger partial charge in [-0.1, -0.05) is 41.1 Å². The molecule has 1 aromatic carbocycles. The highest BCUT2D eigenvalue weighted by molar-refractivity contribution is 7.17. The second-order valence-corrected chi connectivity index (χ2v) is 4.67. The minimum absolute atomic E-state index is 0.345. The van der Waals surface area contributed by atoms with Crippen LogP contribution in [-0.4, -0.2) is 11.0 Å². The quantitative estimate of drug-likeness (QED) is 0.609. The molecule has 0 aliphatic rings. The molecule has 16 heavy (non-hydrogen) atoms. The van der Waals surface area contributed by atoms with Gasteiger partial charge in [-0.3, -0.25) is 0 Å². The zero-order chi connectivity index (χ0) is 11.5. The number of para-hydroxylation sites is 1. The number of rotatable bonds is 2. The lowest BCUT2D eigenvalue weighted by molar-refractivity contribution is 0.0739. The maximum absolute atomic E-state index is 11.7. The van der Waals surface area contributed by atoms with Gasteiger partial charge in [-0.05, 0) is 19.1 Å². The van der Waals surface area contributed by atoms with Crippen molar-refractivity contribution in [1.82, 2.24) is 4.98 Å². The maximum atomic E-state index is 11.7. The van der Waals surface area contributed by atoms with Crippen molar-refractivity contribution in [3.8, 4) is 5.75 Å². The first kappa shape index (κ1) is 11.1. The number of halogens is 1. The molecule has 0 saturated heterocycles. The van der Waals surface area contributed by atoms with Crippen molar-refractivity contribution in [2.45, 2.75) is 6.92 Å². The van der Waals surface area contributed by atoms with Crippen LogP contribution in [0.15, 0.2) is 30.3 Å². The molecule has 0 atom stereocenters. The Labute approximate surface area is 102 Å². The third-order valence-electron chi connectivity index (χ3n) is 1.91. The average Bonchev–Trinajstić information content (AvgIpc) is 2.59. The van der Waals surface area contributed by atoms with Crippen molar-refractivity contribution in [3.05, 3.63) is 45.4 Å². The van der Waals surface area contributed by atoms with Gasteiger partial charge in [0.15, 0.2) is 4.47 Å². The summed E-state index contributed by atoms with van der Waals surface area (Å²) in [7, 11) is 0. The number of aromatic nitrogens is 1. The lowest BCUT2D eigenvalue weighted by atomic mass is 10.3. The molecule has 0 unspecified atom stereocenters. The van der Waals surface area contributed by atoms with Gasteiger partial charge in [-0.25, -0.2) is 9.78 Å². The fraction of sp³-hybridized carbons (Fsp3) is 0.0909. The monoisotopic (exact) mass is 253 g/mol.